The predicted molar refractivity (Wildman–Crippen MR) is 42.6 cm³/mol. The van der Waals surface area contributed by atoms with E-state index >= 15 is 0 Å². The number of aromatic hydroxyl groups is 1. The van der Waals surface area contributed by atoms with Crippen LogP contribution in [0.5, 0.6) is 5.75 Å². The number of benzene rings is 1. The molecule has 10 heavy (non-hydrogen) atoms. The van der Waals surface area contributed by atoms with Crippen molar-refractivity contribution in [3.63, 3.8) is 0 Å². The Labute approximate surface area is 84.5 Å². The second-order valence-electron chi connectivity index (χ2n) is 1.34. The van der Waals surface area contributed by atoms with Crippen LogP contribution < -0.4 is 0 Å². The Morgan fingerprint density at radius 1 is 0.900 bits per heavy atom. The van der Waals surface area contributed by atoms with Crippen molar-refractivity contribution in [2.75, 3.05) is 0 Å². The smallest absolute Gasteiger partial charge is 0.115 e. The summed E-state index contributed by atoms with van der Waals surface area (Å²) in [7, 11) is 0. The third-order valence-corrected chi connectivity index (χ3v) is 0.756. The minimum Gasteiger partial charge on any atom is -0.508 e. The summed E-state index contributed by atoms with van der Waals surface area (Å²) in [4.78, 5) is 0. The zero-order chi connectivity index (χ0) is 5.11. The van der Waals surface area contributed by atoms with Gasteiger partial charge in [-0.3, -0.25) is 0 Å². The molecule has 1 aromatic carbocycles. The molecular formula is C6H8Cl2OV. The average Bonchev–Trinajstić information content (AvgIpc) is 1.69. The molecule has 0 saturated carbocycles. The van der Waals surface area contributed by atoms with Gasteiger partial charge in [0.05, 0.1) is 0 Å². The maximum Gasteiger partial charge on any atom is 0.115 e. The van der Waals surface area contributed by atoms with Crippen LogP contribution in [0.4, 0.5) is 0 Å². The molecule has 0 amide bonds. The van der Waals surface area contributed by atoms with Gasteiger partial charge < -0.3 is 5.11 Å². The Hall–Kier alpha value is 0.184. The van der Waals surface area contributed by atoms with Crippen molar-refractivity contribution >= 4 is 24.8 Å². The van der Waals surface area contributed by atoms with Crippen molar-refractivity contribution < 1.29 is 23.7 Å². The van der Waals surface area contributed by atoms with E-state index in [4.69, 9.17) is 5.11 Å². The first-order chi connectivity index (χ1) is 3.39. The summed E-state index contributed by atoms with van der Waals surface area (Å²) in [5, 5.41) is 8.63. The van der Waals surface area contributed by atoms with Crippen LogP contribution in [-0.2, 0) is 18.6 Å². The Morgan fingerprint density at radius 3 is 1.50 bits per heavy atom. The van der Waals surface area contributed by atoms with E-state index in [0.29, 0.717) is 5.75 Å². The number of halogens is 2. The van der Waals surface area contributed by atoms with Gasteiger partial charge in [0.1, 0.15) is 5.75 Å². The quantitative estimate of drug-likeness (QED) is 0.707. The third-order valence-electron chi connectivity index (χ3n) is 0.756. The van der Waals surface area contributed by atoms with E-state index in [1.165, 1.54) is 0 Å². The first-order valence-electron chi connectivity index (χ1n) is 2.13. The van der Waals surface area contributed by atoms with Gasteiger partial charge >= 0.3 is 0 Å². The molecule has 0 aliphatic heterocycles. The van der Waals surface area contributed by atoms with Crippen molar-refractivity contribution in [2.45, 2.75) is 0 Å². The zero-order valence-corrected chi connectivity index (χ0v) is 8.13. The first kappa shape index (κ1) is 16.6. The summed E-state index contributed by atoms with van der Waals surface area (Å²) in [6, 6.07) is 8.71. The molecule has 0 saturated heterocycles. The molecule has 1 radical (unpaired) electrons. The molecule has 1 nitrogen and oxygen atoms in total. The Bertz CT molecular complexity index is 146. The van der Waals surface area contributed by atoms with E-state index in [1.54, 1.807) is 24.3 Å². The van der Waals surface area contributed by atoms with Gasteiger partial charge in [0.15, 0.2) is 0 Å². The molecule has 0 aromatic heterocycles. The number of phenols is 1. The molecule has 0 atom stereocenters. The van der Waals surface area contributed by atoms with Crippen LogP contribution in [0, 0.1) is 0 Å². The number of hydrogen-bond donors (Lipinski definition) is 1. The Kier molecular flexibility index (Phi) is 15.3. The molecule has 1 N–H and O–H groups in total. The number of phenolic OH excluding ortho intramolecular Hbond substituents is 1. The van der Waals surface area contributed by atoms with Crippen LogP contribution in [-0.4, -0.2) is 5.11 Å². The van der Waals surface area contributed by atoms with Crippen LogP contribution in [0.3, 0.4) is 0 Å². The van der Waals surface area contributed by atoms with Crippen molar-refractivity contribution in [2.24, 2.45) is 0 Å². The molecule has 57 valence electrons. The fourth-order valence-electron chi connectivity index (χ4n) is 0.428. The molecule has 0 heterocycles. The second-order valence-corrected chi connectivity index (χ2v) is 1.34. The van der Waals surface area contributed by atoms with Crippen molar-refractivity contribution in [3.8, 4) is 5.75 Å². The monoisotopic (exact) mass is 217 g/mol. The summed E-state index contributed by atoms with van der Waals surface area (Å²) in [6.07, 6.45) is 0. The predicted octanol–water partition coefficient (Wildman–Crippen LogP) is 2.23. The van der Waals surface area contributed by atoms with Gasteiger partial charge in [0.2, 0.25) is 0 Å². The maximum absolute atomic E-state index is 8.63. The first-order valence-corrected chi connectivity index (χ1v) is 2.13. The van der Waals surface area contributed by atoms with E-state index in [2.05, 4.69) is 0 Å². The largest absolute Gasteiger partial charge is 0.508 e. The van der Waals surface area contributed by atoms with E-state index < -0.39 is 0 Å². The van der Waals surface area contributed by atoms with Crippen molar-refractivity contribution in [3.05, 3.63) is 30.3 Å². The van der Waals surface area contributed by atoms with Gasteiger partial charge in [0.25, 0.3) is 0 Å². The van der Waals surface area contributed by atoms with E-state index in [-0.39, 0.29) is 43.4 Å². The summed E-state index contributed by atoms with van der Waals surface area (Å²) >= 11 is 0. The van der Waals surface area contributed by atoms with E-state index in [9.17, 15) is 0 Å². The van der Waals surface area contributed by atoms with Crippen LogP contribution in [0.2, 0.25) is 0 Å². The Morgan fingerprint density at radius 2 is 1.30 bits per heavy atom. The topological polar surface area (TPSA) is 20.2 Å². The molecular weight excluding hydrogens is 210 g/mol. The van der Waals surface area contributed by atoms with Crippen molar-refractivity contribution in [1.82, 2.24) is 0 Å². The number of para-hydroxylation sites is 1. The molecule has 0 spiro atoms. The van der Waals surface area contributed by atoms with Gasteiger partial charge in [0, 0.05) is 18.6 Å². The van der Waals surface area contributed by atoms with Gasteiger partial charge in [-0.25, -0.2) is 0 Å². The molecule has 0 unspecified atom stereocenters. The van der Waals surface area contributed by atoms with Gasteiger partial charge in [-0.05, 0) is 12.1 Å². The second kappa shape index (κ2) is 9.18. The van der Waals surface area contributed by atoms with Crippen LogP contribution >= 0.6 is 24.8 Å². The van der Waals surface area contributed by atoms with E-state index in [1.807, 2.05) is 6.07 Å². The molecule has 4 heteroatoms. The minimum absolute atomic E-state index is 0. The maximum atomic E-state index is 8.63. The summed E-state index contributed by atoms with van der Waals surface area (Å²) in [5.74, 6) is 0.322. The SMILES string of the molecule is Cl.Cl.Oc1ccccc1.[V]. The molecule has 0 fully saturated rings. The van der Waals surface area contributed by atoms with Gasteiger partial charge in [-0.15, -0.1) is 24.8 Å². The molecule has 0 bridgehead atoms. The Balaban J connectivity index is -0.000000163. The van der Waals surface area contributed by atoms with Crippen LogP contribution in [0.1, 0.15) is 0 Å². The third kappa shape index (κ3) is 6.31. The fourth-order valence-corrected chi connectivity index (χ4v) is 0.428. The standard InChI is InChI=1S/C6H6O.2ClH.V/c7-6-4-2-1-3-5-6;;;/h1-5,7H;2*1H;. The summed E-state index contributed by atoms with van der Waals surface area (Å²) < 4.78 is 0. The van der Waals surface area contributed by atoms with Crippen LogP contribution in [0.15, 0.2) is 30.3 Å². The minimum atomic E-state index is 0. The molecule has 1 aromatic rings. The fraction of sp³-hybridized carbons (Fsp3) is 0. The molecule has 0 aliphatic carbocycles. The molecule has 0 aliphatic rings. The number of rotatable bonds is 0. The summed E-state index contributed by atoms with van der Waals surface area (Å²) in [5.41, 5.74) is 0. The van der Waals surface area contributed by atoms with Gasteiger partial charge in [-0.1, -0.05) is 18.2 Å². The molecule has 1 rings (SSSR count). The van der Waals surface area contributed by atoms with Gasteiger partial charge in [-0.2, -0.15) is 0 Å². The van der Waals surface area contributed by atoms with E-state index in [0.717, 1.165) is 0 Å². The van der Waals surface area contributed by atoms with Crippen LogP contribution in [0.25, 0.3) is 0 Å². The zero-order valence-electron chi connectivity index (χ0n) is 5.10. The summed E-state index contributed by atoms with van der Waals surface area (Å²) in [6.45, 7) is 0. The normalized spacial score (nSPS) is 6.00. The van der Waals surface area contributed by atoms with Crippen molar-refractivity contribution in [1.29, 1.82) is 0 Å². The average molecular weight is 218 g/mol. The number of hydrogen-bond acceptors (Lipinski definition) is 1.